The molecule has 0 amide bonds. The number of carbonyl (C=O) groups is 1. The number of benzene rings is 3. The van der Waals surface area contributed by atoms with E-state index in [1.807, 2.05) is 78.9 Å². The molecule has 0 aromatic heterocycles. The van der Waals surface area contributed by atoms with Crippen LogP contribution in [-0.4, -0.2) is 10.9 Å². The first kappa shape index (κ1) is 13.9. The fraction of sp³-hybridized carbons (Fsp3) is 0.0952. The summed E-state index contributed by atoms with van der Waals surface area (Å²) in [5.74, 6) is -0.622. The summed E-state index contributed by atoms with van der Waals surface area (Å²) in [6, 6.07) is 26.5. The Balaban J connectivity index is 2.00. The monoisotopic (exact) mass is 300 g/mol. The Labute approximate surface area is 135 Å². The van der Waals surface area contributed by atoms with Crippen molar-refractivity contribution in [2.75, 3.05) is 0 Å². The molecule has 1 aliphatic carbocycles. The molecule has 0 heterocycles. The maximum atomic E-state index is 13.1. The van der Waals surface area contributed by atoms with E-state index in [4.69, 9.17) is 0 Å². The van der Waals surface area contributed by atoms with Crippen molar-refractivity contribution in [3.8, 4) is 0 Å². The van der Waals surface area contributed by atoms with Gasteiger partial charge in [0.15, 0.2) is 11.4 Å². The summed E-state index contributed by atoms with van der Waals surface area (Å²) in [6.45, 7) is 0. The van der Waals surface area contributed by atoms with E-state index in [0.29, 0.717) is 11.1 Å². The molecule has 0 saturated carbocycles. The summed E-state index contributed by atoms with van der Waals surface area (Å²) in [5.41, 5.74) is 1.50. The number of rotatable bonds is 2. The molecule has 1 N–H and O–H groups in total. The Morgan fingerprint density at radius 3 is 2.00 bits per heavy atom. The van der Waals surface area contributed by atoms with Crippen molar-refractivity contribution in [3.63, 3.8) is 0 Å². The third kappa shape index (κ3) is 1.96. The maximum absolute atomic E-state index is 13.1. The van der Waals surface area contributed by atoms with Crippen molar-refractivity contribution in [3.05, 3.63) is 107 Å². The van der Waals surface area contributed by atoms with E-state index in [1.165, 1.54) is 0 Å². The van der Waals surface area contributed by atoms with Crippen LogP contribution in [0.1, 0.15) is 33.0 Å². The molecule has 0 spiro atoms. The van der Waals surface area contributed by atoms with Gasteiger partial charge in [0.05, 0.1) is 5.92 Å². The van der Waals surface area contributed by atoms with E-state index in [0.717, 1.165) is 11.1 Å². The second-order valence-electron chi connectivity index (χ2n) is 5.89. The number of aliphatic hydroxyl groups is 1. The van der Waals surface area contributed by atoms with Crippen LogP contribution in [0.25, 0.3) is 0 Å². The van der Waals surface area contributed by atoms with Gasteiger partial charge in [0.1, 0.15) is 0 Å². The van der Waals surface area contributed by atoms with Gasteiger partial charge in [-0.2, -0.15) is 0 Å². The molecule has 23 heavy (non-hydrogen) atoms. The van der Waals surface area contributed by atoms with Gasteiger partial charge in [-0.3, -0.25) is 4.79 Å². The highest BCUT2D eigenvalue weighted by Crippen LogP contribution is 2.50. The summed E-state index contributed by atoms with van der Waals surface area (Å²) < 4.78 is 0. The topological polar surface area (TPSA) is 37.3 Å². The first-order valence-corrected chi connectivity index (χ1v) is 7.69. The van der Waals surface area contributed by atoms with Gasteiger partial charge in [-0.15, -0.1) is 0 Å². The molecule has 2 nitrogen and oxygen atoms in total. The van der Waals surface area contributed by atoms with Crippen molar-refractivity contribution in [2.45, 2.75) is 11.5 Å². The van der Waals surface area contributed by atoms with Crippen LogP contribution in [0.2, 0.25) is 0 Å². The molecular formula is C21H16O2. The first-order valence-electron chi connectivity index (χ1n) is 7.69. The standard InChI is InChI=1S/C21H16O2/c22-20-18-14-8-7-13-17(18)19(15-9-3-1-4-10-15)21(20,23)16-11-5-2-6-12-16/h1-14,19,23H. The van der Waals surface area contributed by atoms with Gasteiger partial charge in [0.25, 0.3) is 0 Å². The molecule has 0 fully saturated rings. The zero-order valence-electron chi connectivity index (χ0n) is 12.5. The number of hydrogen-bond donors (Lipinski definition) is 1. The van der Waals surface area contributed by atoms with E-state index in [1.54, 1.807) is 6.07 Å². The lowest BCUT2D eigenvalue weighted by molar-refractivity contribution is 0.0272. The number of Topliss-reactive ketones (excluding diaryl/α,β-unsaturated/α-hetero) is 1. The van der Waals surface area contributed by atoms with Crippen LogP contribution in [0.4, 0.5) is 0 Å². The predicted molar refractivity (Wildman–Crippen MR) is 89.4 cm³/mol. The molecule has 0 saturated heterocycles. The molecule has 0 bridgehead atoms. The zero-order chi connectivity index (χ0) is 15.9. The maximum Gasteiger partial charge on any atom is 0.200 e. The average Bonchev–Trinajstić information content (AvgIpc) is 2.86. The molecule has 1 aliphatic rings. The summed E-state index contributed by atoms with van der Waals surface area (Å²) in [6.07, 6.45) is 0. The number of ketones is 1. The van der Waals surface area contributed by atoms with Gasteiger partial charge in [-0.25, -0.2) is 0 Å². The molecule has 3 aromatic rings. The molecule has 4 rings (SSSR count). The Kier molecular flexibility index (Phi) is 3.14. The molecule has 2 unspecified atom stereocenters. The highest BCUT2D eigenvalue weighted by molar-refractivity contribution is 6.08. The second kappa shape index (κ2) is 5.18. The Bertz CT molecular complexity index is 855. The average molecular weight is 300 g/mol. The van der Waals surface area contributed by atoms with Gasteiger partial charge < -0.3 is 5.11 Å². The van der Waals surface area contributed by atoms with Crippen molar-refractivity contribution in [2.24, 2.45) is 0 Å². The third-order valence-corrected chi connectivity index (χ3v) is 4.63. The molecule has 0 radical (unpaired) electrons. The molecule has 2 atom stereocenters. The lowest BCUT2D eigenvalue weighted by Crippen LogP contribution is -2.36. The minimum absolute atomic E-state index is 0.229. The zero-order valence-corrected chi connectivity index (χ0v) is 12.5. The largest absolute Gasteiger partial charge is 0.376 e. The minimum atomic E-state index is -1.56. The fourth-order valence-electron chi connectivity index (χ4n) is 3.57. The Morgan fingerprint density at radius 2 is 1.30 bits per heavy atom. The minimum Gasteiger partial charge on any atom is -0.376 e. The van der Waals surface area contributed by atoms with Gasteiger partial charge in [0.2, 0.25) is 0 Å². The van der Waals surface area contributed by atoms with E-state index in [9.17, 15) is 9.90 Å². The first-order chi connectivity index (χ1) is 11.2. The van der Waals surface area contributed by atoms with Crippen LogP contribution in [0.3, 0.4) is 0 Å². The third-order valence-electron chi connectivity index (χ3n) is 4.63. The Hall–Kier alpha value is -2.71. The SMILES string of the molecule is O=C1c2ccccc2C(c2ccccc2)C1(O)c1ccccc1. The predicted octanol–water partition coefficient (Wildman–Crippen LogP) is 3.90. The highest BCUT2D eigenvalue weighted by Gasteiger charge is 2.53. The molecular weight excluding hydrogens is 284 g/mol. The van der Waals surface area contributed by atoms with Crippen LogP contribution in [-0.2, 0) is 5.60 Å². The van der Waals surface area contributed by atoms with Gasteiger partial charge in [0, 0.05) is 5.56 Å². The van der Waals surface area contributed by atoms with E-state index >= 15 is 0 Å². The van der Waals surface area contributed by atoms with Crippen LogP contribution in [0, 0.1) is 0 Å². The highest BCUT2D eigenvalue weighted by atomic mass is 16.3. The van der Waals surface area contributed by atoms with Gasteiger partial charge >= 0.3 is 0 Å². The van der Waals surface area contributed by atoms with Crippen LogP contribution >= 0.6 is 0 Å². The van der Waals surface area contributed by atoms with Crippen molar-refractivity contribution >= 4 is 5.78 Å². The quantitative estimate of drug-likeness (QED) is 0.779. The van der Waals surface area contributed by atoms with Gasteiger partial charge in [-0.05, 0) is 16.7 Å². The molecule has 2 heteroatoms. The number of fused-ring (bicyclic) bond motifs is 1. The van der Waals surface area contributed by atoms with Crippen LogP contribution in [0.5, 0.6) is 0 Å². The molecule has 112 valence electrons. The van der Waals surface area contributed by atoms with E-state index in [-0.39, 0.29) is 5.78 Å². The summed E-state index contributed by atoms with van der Waals surface area (Å²) in [4.78, 5) is 13.1. The lowest BCUT2D eigenvalue weighted by Gasteiger charge is -2.30. The number of hydrogen-bond acceptors (Lipinski definition) is 2. The van der Waals surface area contributed by atoms with Crippen molar-refractivity contribution < 1.29 is 9.90 Å². The molecule has 0 aliphatic heterocycles. The van der Waals surface area contributed by atoms with Gasteiger partial charge in [-0.1, -0.05) is 84.9 Å². The smallest absolute Gasteiger partial charge is 0.200 e. The normalized spacial score (nSPS) is 22.8. The fourth-order valence-corrected chi connectivity index (χ4v) is 3.57. The Morgan fingerprint density at radius 1 is 0.739 bits per heavy atom. The van der Waals surface area contributed by atoms with E-state index < -0.39 is 11.5 Å². The number of carbonyl (C=O) groups excluding carboxylic acids is 1. The van der Waals surface area contributed by atoms with Crippen LogP contribution in [0.15, 0.2) is 84.9 Å². The lowest BCUT2D eigenvalue weighted by atomic mass is 9.77. The van der Waals surface area contributed by atoms with Crippen LogP contribution < -0.4 is 0 Å². The van der Waals surface area contributed by atoms with Crippen molar-refractivity contribution in [1.82, 2.24) is 0 Å². The summed E-state index contributed by atoms with van der Waals surface area (Å²) >= 11 is 0. The molecule has 3 aromatic carbocycles. The van der Waals surface area contributed by atoms with E-state index in [2.05, 4.69) is 0 Å². The summed E-state index contributed by atoms with van der Waals surface area (Å²) in [7, 11) is 0. The second-order valence-corrected chi connectivity index (χ2v) is 5.89. The van der Waals surface area contributed by atoms with Crippen molar-refractivity contribution in [1.29, 1.82) is 0 Å². The summed E-state index contributed by atoms with van der Waals surface area (Å²) in [5, 5.41) is 11.5.